The van der Waals surface area contributed by atoms with E-state index in [0.717, 1.165) is 33.7 Å². The Morgan fingerprint density at radius 3 is 0.754 bits per heavy atom. The molecule has 7 aliphatic rings. The van der Waals surface area contributed by atoms with Crippen LogP contribution in [0.2, 0.25) is 0 Å². The third-order valence-corrected chi connectivity index (χ3v) is 21.0. The van der Waals surface area contributed by atoms with Crippen LogP contribution in [0.15, 0.2) is 95.7 Å². The van der Waals surface area contributed by atoms with Crippen molar-refractivity contribution in [2.24, 2.45) is 5.92 Å². The fraction of sp³-hybridized carbons (Fsp3) is 0.579. The predicted octanol–water partition coefficient (Wildman–Crippen LogP) is 3.42. The number of benzene rings is 2. The fourth-order valence-corrected chi connectivity index (χ4v) is 14.9. The van der Waals surface area contributed by atoms with Crippen LogP contribution in [0.4, 0.5) is 0 Å². The van der Waals surface area contributed by atoms with E-state index < -0.39 is 66.5 Å². The molecule has 11 rings (SSSR count). The summed E-state index contributed by atoms with van der Waals surface area (Å²) in [7, 11) is -6.19. The van der Waals surface area contributed by atoms with Crippen molar-refractivity contribution in [1.29, 1.82) is 0 Å². The molecule has 4 aromatic rings. The minimum Gasteiger partial charge on any atom is -0.426 e. The molecule has 1 saturated carbocycles. The molecule has 12 atom stereocenters. The van der Waals surface area contributed by atoms with E-state index >= 15 is 0 Å². The lowest BCUT2D eigenvalue weighted by Crippen LogP contribution is -2.53. The summed E-state index contributed by atoms with van der Waals surface area (Å²) in [4.78, 5) is 138. The third-order valence-electron chi connectivity index (χ3n) is 19.2. The smallest absolute Gasteiger partial charge is 0.426 e. The number of nitrogens with one attached hydrogen (secondary N) is 6. The molecular formula is C76H110B6N6O24S2. The molecule has 0 radical (unpaired) electrons. The molecule has 6 amide bonds. The molecule has 4 unspecified atom stereocenters. The van der Waals surface area contributed by atoms with Gasteiger partial charge in [-0.3, -0.25) is 57.5 Å². The van der Waals surface area contributed by atoms with Crippen LogP contribution in [-0.2, 0) is 111 Å². The quantitative estimate of drug-likeness (QED) is 0.0381. The Kier molecular flexibility index (Phi) is 42.1. The van der Waals surface area contributed by atoms with E-state index in [4.69, 9.17) is 27.9 Å². The molecule has 7 fully saturated rings. The SMILES string of the molecule is CC(=O)CC1CC[C@H](NC(=O)C2CC2)B(O)O1.CC(=O)CC1CC[C@H](NC(=O)Cc2ccccc2)B(O)O1.CC(=O)CC1CC[C@H](NC(=O)Cc2cccs2)B(O)O1.CC(=O)CC1CC[C@H](NC(C)=O)B(O)O1.CC(=O)C[C@@H]1CC[C@H](NC(=O)Cc2ccccc2)B(O)O1.CC(=O)C[C@@H]1CC[C@H](NC(=O)Cc2cccs2)B(O)O1. The van der Waals surface area contributed by atoms with Crippen molar-refractivity contribution in [3.8, 4) is 0 Å². The maximum Gasteiger partial charge on any atom is 0.478 e. The minimum atomic E-state index is -1.05. The summed E-state index contributed by atoms with van der Waals surface area (Å²) in [6.07, 6.45) is 11.4. The number of rotatable bonds is 27. The Balaban J connectivity index is 0.000000214. The van der Waals surface area contributed by atoms with Crippen LogP contribution in [0.1, 0.15) is 198 Å². The van der Waals surface area contributed by atoms with Gasteiger partial charge in [0.25, 0.3) is 0 Å². The van der Waals surface area contributed by atoms with Gasteiger partial charge in [0.15, 0.2) is 0 Å². The molecule has 2 aromatic heterocycles. The van der Waals surface area contributed by atoms with Crippen LogP contribution < -0.4 is 31.9 Å². The lowest BCUT2D eigenvalue weighted by atomic mass is 9.72. The molecule has 30 nitrogen and oxygen atoms in total. The first-order chi connectivity index (χ1) is 54.2. The summed E-state index contributed by atoms with van der Waals surface area (Å²) in [5.74, 6) is -2.59. The van der Waals surface area contributed by atoms with E-state index in [1.165, 1.54) is 71.1 Å². The average molecular weight is 1620 g/mol. The van der Waals surface area contributed by atoms with E-state index in [1.54, 1.807) is 0 Å². The van der Waals surface area contributed by atoms with Gasteiger partial charge in [0.1, 0.15) is 34.7 Å². The Hall–Kier alpha value is -7.41. The molecule has 0 bridgehead atoms. The van der Waals surface area contributed by atoms with Gasteiger partial charge in [0, 0.05) is 97.7 Å². The van der Waals surface area contributed by atoms with Gasteiger partial charge >= 0.3 is 42.7 Å². The second kappa shape index (κ2) is 50.3. The Morgan fingerprint density at radius 1 is 0.307 bits per heavy atom. The van der Waals surface area contributed by atoms with E-state index in [1.807, 2.05) is 95.7 Å². The standard InChI is InChI=1S/2C15H20BNO4.2C13H18BNO4S.C11H18BNO4.C9H16BNO4/c2*1-11(18)9-13-7-8-14(16(20)21-13)17-15(19)10-12-5-3-2-4-6-12;2*1-9(16)7-10-4-5-12(14(18)19-10)15-13(17)8-11-3-2-6-20-11;1-7(14)6-9-4-5-10(12(16)17-9)13-11(15)8-2-3-8;1-6(12)5-8-3-4-9(10(14)15-8)11-7(2)13/h2*2-6,13-14,20H,7-10H2,1H3,(H,17,19);2*2-3,6,10,12,18H,4-5,7-8H2,1H3,(H,15,17);8-10,16H,2-6H2,1H3,(H,13,15);8-9,14H,3-5H2,1-2H3,(H,11,13)/t13?,14-;13-,14-;10?,12-;10-,12-;9?,10-;8?,9-/m000000/s1. The summed E-state index contributed by atoms with van der Waals surface area (Å²) >= 11 is 3.06. The second-order valence-electron chi connectivity index (χ2n) is 30.0. The van der Waals surface area contributed by atoms with Gasteiger partial charge in [-0.05, 0) is 165 Å². The number of hydrogen-bond acceptors (Lipinski definition) is 26. The Morgan fingerprint density at radius 2 is 0.544 bits per heavy atom. The summed E-state index contributed by atoms with van der Waals surface area (Å²) < 4.78 is 32.1. The molecule has 6 aliphatic heterocycles. The Labute approximate surface area is 676 Å². The monoisotopic (exact) mass is 1620 g/mol. The van der Waals surface area contributed by atoms with E-state index in [-0.39, 0.29) is 137 Å². The molecule has 8 heterocycles. The van der Waals surface area contributed by atoms with Crippen molar-refractivity contribution in [2.75, 3.05) is 0 Å². The third kappa shape index (κ3) is 38.1. The van der Waals surface area contributed by atoms with Gasteiger partial charge in [0.2, 0.25) is 35.4 Å². The number of carbonyl (C=O) groups excluding carboxylic acids is 12. The van der Waals surface area contributed by atoms with Crippen molar-refractivity contribution >= 4 is 136 Å². The summed E-state index contributed by atoms with van der Waals surface area (Å²) in [6, 6.07) is 26.5. The Bertz CT molecular complexity index is 3520. The van der Waals surface area contributed by atoms with Crippen LogP contribution in [0, 0.1) is 5.92 Å². The maximum absolute atomic E-state index is 12.0. The molecule has 618 valence electrons. The van der Waals surface area contributed by atoms with Gasteiger partial charge in [-0.2, -0.15) is 0 Å². The first-order valence-corrected chi connectivity index (χ1v) is 40.8. The molecule has 38 heteroatoms. The molecule has 0 spiro atoms. The summed E-state index contributed by atoms with van der Waals surface area (Å²) in [5, 5.41) is 79.3. The highest BCUT2D eigenvalue weighted by molar-refractivity contribution is 7.10. The van der Waals surface area contributed by atoms with Crippen LogP contribution >= 0.6 is 22.7 Å². The number of thiophene rings is 2. The molecule has 2 aromatic carbocycles. The van der Waals surface area contributed by atoms with E-state index in [2.05, 4.69) is 31.9 Å². The molecule has 114 heavy (non-hydrogen) atoms. The zero-order valence-electron chi connectivity index (χ0n) is 66.0. The van der Waals surface area contributed by atoms with Gasteiger partial charge in [-0.15, -0.1) is 22.7 Å². The number of hydrogen-bond donors (Lipinski definition) is 12. The second-order valence-corrected chi connectivity index (χ2v) is 32.1. The highest BCUT2D eigenvalue weighted by atomic mass is 32.1. The first-order valence-electron chi connectivity index (χ1n) is 39.1. The lowest BCUT2D eigenvalue weighted by molar-refractivity contribution is -0.123. The lowest BCUT2D eigenvalue weighted by Gasteiger charge is -2.31. The maximum atomic E-state index is 12.0. The van der Waals surface area contributed by atoms with Crippen molar-refractivity contribution in [2.45, 2.75) is 275 Å². The van der Waals surface area contributed by atoms with Crippen LogP contribution in [-0.4, -0.2) is 215 Å². The van der Waals surface area contributed by atoms with Crippen molar-refractivity contribution in [3.05, 3.63) is 117 Å². The summed E-state index contributed by atoms with van der Waals surface area (Å²) in [5.41, 5.74) is 1.85. The van der Waals surface area contributed by atoms with Crippen molar-refractivity contribution in [3.63, 3.8) is 0 Å². The molecule has 6 saturated heterocycles. The van der Waals surface area contributed by atoms with Gasteiger partial charge in [-0.1, -0.05) is 72.8 Å². The zero-order valence-corrected chi connectivity index (χ0v) is 67.7. The van der Waals surface area contributed by atoms with Crippen LogP contribution in [0.3, 0.4) is 0 Å². The summed E-state index contributed by atoms with van der Waals surface area (Å²) in [6.45, 7) is 10.4. The minimum absolute atomic E-state index is 0.0164. The van der Waals surface area contributed by atoms with Gasteiger partial charge < -0.3 is 90.0 Å². The molecular weight excluding hydrogens is 1510 g/mol. The van der Waals surface area contributed by atoms with Crippen LogP contribution in [0.5, 0.6) is 0 Å². The largest absolute Gasteiger partial charge is 0.478 e. The number of Topliss-reactive ketones (excluding diaryl/α,β-unsaturated/α-hetero) is 6. The molecule has 12 N–H and O–H groups in total. The molecule has 1 aliphatic carbocycles. The first kappa shape index (κ1) is 95.4. The topological polar surface area (TPSA) is 454 Å². The van der Waals surface area contributed by atoms with Crippen molar-refractivity contribution in [1.82, 2.24) is 31.9 Å². The van der Waals surface area contributed by atoms with Gasteiger partial charge in [-0.25, -0.2) is 0 Å². The van der Waals surface area contributed by atoms with E-state index in [0.29, 0.717) is 128 Å². The van der Waals surface area contributed by atoms with Gasteiger partial charge in [0.05, 0.1) is 61.3 Å². The number of ketones is 6. The highest BCUT2D eigenvalue weighted by Gasteiger charge is 2.43. The zero-order chi connectivity index (χ0) is 83.4. The normalized spacial score (nSPS) is 23.8. The van der Waals surface area contributed by atoms with Crippen LogP contribution in [0.25, 0.3) is 0 Å². The van der Waals surface area contributed by atoms with E-state index in [9.17, 15) is 87.7 Å². The predicted molar refractivity (Wildman–Crippen MR) is 431 cm³/mol. The van der Waals surface area contributed by atoms with Crippen molar-refractivity contribution < 1.29 is 116 Å². The highest BCUT2D eigenvalue weighted by Crippen LogP contribution is 2.30. The number of amides is 6. The fourth-order valence-electron chi connectivity index (χ4n) is 13.5. The average Bonchev–Trinajstić information content (AvgIpc) is 1.51. The number of carbonyl (C=O) groups is 12.